The average molecular weight is 439 g/mol. The van der Waals surface area contributed by atoms with Crippen LogP contribution in [-0.4, -0.2) is 36.3 Å². The number of nitrogens with two attached hydrogens (primary N) is 1. The lowest BCUT2D eigenvalue weighted by Crippen LogP contribution is -2.37. The summed E-state index contributed by atoms with van der Waals surface area (Å²) in [5.74, 6) is -0.362. The minimum Gasteiger partial charge on any atom is -0.349 e. The smallest absolute Gasteiger partial charge is 0.274 e. The fraction of sp³-hybridized carbons (Fsp3) is 0.286. The number of hydrogen-bond acceptors (Lipinski definition) is 5. The Morgan fingerprint density at radius 3 is 2.71 bits per heavy atom. The third kappa shape index (κ3) is 3.47. The number of sulfonamides is 1. The summed E-state index contributed by atoms with van der Waals surface area (Å²) in [4.78, 5) is 29.5. The molecule has 5 rings (SSSR count). The van der Waals surface area contributed by atoms with E-state index in [1.54, 1.807) is 30.3 Å². The predicted molar refractivity (Wildman–Crippen MR) is 115 cm³/mol. The van der Waals surface area contributed by atoms with Gasteiger partial charge in [0.25, 0.3) is 11.8 Å². The second kappa shape index (κ2) is 6.89. The number of aromatic nitrogens is 2. The van der Waals surface area contributed by atoms with Crippen LogP contribution in [0.1, 0.15) is 58.3 Å². The molecule has 1 aliphatic carbocycles. The molecule has 3 aromatic rings. The van der Waals surface area contributed by atoms with Gasteiger partial charge in [-0.05, 0) is 61.6 Å². The van der Waals surface area contributed by atoms with Gasteiger partial charge >= 0.3 is 0 Å². The van der Waals surface area contributed by atoms with Crippen LogP contribution in [0.25, 0.3) is 11.0 Å². The van der Waals surface area contributed by atoms with Crippen LogP contribution in [0.5, 0.6) is 0 Å². The molecule has 4 N–H and O–H groups in total. The lowest BCUT2D eigenvalue weighted by atomic mass is 10.1. The molecule has 1 aliphatic heterocycles. The minimum absolute atomic E-state index is 0.0137. The second-order valence-electron chi connectivity index (χ2n) is 8.10. The number of pyridine rings is 1. The molecule has 10 heteroatoms. The van der Waals surface area contributed by atoms with Crippen molar-refractivity contribution >= 4 is 38.6 Å². The molecular formula is C21H21N5O4S. The molecule has 1 fully saturated rings. The van der Waals surface area contributed by atoms with Crippen molar-refractivity contribution in [1.29, 1.82) is 0 Å². The van der Waals surface area contributed by atoms with Gasteiger partial charge in [0.15, 0.2) is 0 Å². The highest BCUT2D eigenvalue weighted by atomic mass is 32.2. The number of rotatable bonds is 4. The second-order valence-corrected chi connectivity index (χ2v) is 9.63. The zero-order valence-electron chi connectivity index (χ0n) is 16.8. The van der Waals surface area contributed by atoms with Gasteiger partial charge in [0.1, 0.15) is 21.9 Å². The van der Waals surface area contributed by atoms with Crippen LogP contribution in [0, 0.1) is 0 Å². The Bertz CT molecular complexity index is 1360. The van der Waals surface area contributed by atoms with Gasteiger partial charge < -0.3 is 15.2 Å². The van der Waals surface area contributed by atoms with Crippen molar-refractivity contribution in [2.24, 2.45) is 5.14 Å². The Kier molecular flexibility index (Phi) is 4.38. The van der Waals surface area contributed by atoms with E-state index >= 15 is 0 Å². The fourth-order valence-corrected chi connectivity index (χ4v) is 4.69. The molecule has 0 spiro atoms. The lowest BCUT2D eigenvalue weighted by Gasteiger charge is -2.23. The van der Waals surface area contributed by atoms with Crippen molar-refractivity contribution in [3.8, 4) is 0 Å². The molecule has 31 heavy (non-hydrogen) atoms. The number of anilines is 1. The van der Waals surface area contributed by atoms with Gasteiger partial charge in [-0.1, -0.05) is 6.07 Å². The molecule has 2 aliphatic rings. The van der Waals surface area contributed by atoms with Crippen molar-refractivity contribution in [3.05, 3.63) is 53.3 Å². The van der Waals surface area contributed by atoms with Crippen LogP contribution in [-0.2, 0) is 10.0 Å². The van der Waals surface area contributed by atoms with E-state index in [4.69, 9.17) is 5.14 Å². The summed E-state index contributed by atoms with van der Waals surface area (Å²) >= 11 is 0. The summed E-state index contributed by atoms with van der Waals surface area (Å²) in [6.07, 6.45) is 2.07. The number of nitrogens with one attached hydrogen (secondary N) is 2. The standard InChI is InChI=1S/C21H21N5O4S/c1-11-10-23-21(28)17-9-14-4-6-15(24-19(14)26(11)17)20(27)25-16-8-13(12-2-3-12)5-7-18(16)31(22,29)30/h4-9,11-12H,2-3,10H2,1H3,(H,23,28)(H,25,27)(H2,22,29,30)/t11-/m1/s1. The summed E-state index contributed by atoms with van der Waals surface area (Å²) in [5, 5.41) is 11.6. The normalized spacial score (nSPS) is 18.5. The molecule has 1 aromatic carbocycles. The minimum atomic E-state index is -4.02. The largest absolute Gasteiger partial charge is 0.349 e. The fourth-order valence-electron chi connectivity index (χ4n) is 4.02. The molecule has 1 atom stereocenters. The molecule has 0 unspecified atom stereocenters. The summed E-state index contributed by atoms with van der Waals surface area (Å²) in [6.45, 7) is 2.43. The van der Waals surface area contributed by atoms with Gasteiger partial charge in [-0.3, -0.25) is 9.59 Å². The highest BCUT2D eigenvalue weighted by Gasteiger charge is 2.27. The summed E-state index contributed by atoms with van der Waals surface area (Å²) in [7, 11) is -4.02. The molecule has 2 amide bonds. The van der Waals surface area contributed by atoms with Crippen LogP contribution in [0.2, 0.25) is 0 Å². The maximum atomic E-state index is 13.0. The van der Waals surface area contributed by atoms with Crippen molar-refractivity contribution in [3.63, 3.8) is 0 Å². The van der Waals surface area contributed by atoms with E-state index in [2.05, 4.69) is 15.6 Å². The number of nitrogens with zero attached hydrogens (tertiary/aromatic N) is 2. The SMILES string of the molecule is C[C@@H]1CNC(=O)c2cc3ccc(C(=O)Nc4cc(C5CC5)ccc4S(N)(=O)=O)nc3n21. The summed E-state index contributed by atoms with van der Waals surface area (Å²) in [5.41, 5.74) is 2.25. The lowest BCUT2D eigenvalue weighted by molar-refractivity contribution is 0.0918. The Labute approximate surface area is 178 Å². The quantitative estimate of drug-likeness (QED) is 0.572. The molecule has 9 nitrogen and oxygen atoms in total. The van der Waals surface area contributed by atoms with Crippen LogP contribution in [0.3, 0.4) is 0 Å². The van der Waals surface area contributed by atoms with Crippen LogP contribution >= 0.6 is 0 Å². The Morgan fingerprint density at radius 1 is 1.23 bits per heavy atom. The topological polar surface area (TPSA) is 136 Å². The number of amides is 2. The third-order valence-corrected chi connectivity index (χ3v) is 6.73. The number of primary sulfonamides is 1. The number of benzene rings is 1. The van der Waals surface area contributed by atoms with Crippen molar-refractivity contribution < 1.29 is 18.0 Å². The van der Waals surface area contributed by atoms with Gasteiger partial charge in [0.05, 0.1) is 11.7 Å². The van der Waals surface area contributed by atoms with E-state index in [1.807, 2.05) is 11.5 Å². The highest BCUT2D eigenvalue weighted by Crippen LogP contribution is 2.41. The van der Waals surface area contributed by atoms with Crippen molar-refractivity contribution in [2.45, 2.75) is 36.6 Å². The Balaban J connectivity index is 1.53. The number of fused-ring (bicyclic) bond motifs is 3. The van der Waals surface area contributed by atoms with E-state index in [0.29, 0.717) is 23.8 Å². The van der Waals surface area contributed by atoms with Gasteiger partial charge in [0.2, 0.25) is 10.0 Å². The molecule has 2 aromatic heterocycles. The summed E-state index contributed by atoms with van der Waals surface area (Å²) < 4.78 is 25.8. The van der Waals surface area contributed by atoms with E-state index in [0.717, 1.165) is 23.8 Å². The molecule has 160 valence electrons. The van der Waals surface area contributed by atoms with Gasteiger partial charge in [-0.2, -0.15) is 0 Å². The van der Waals surface area contributed by atoms with E-state index < -0.39 is 15.9 Å². The summed E-state index contributed by atoms with van der Waals surface area (Å²) in [6, 6.07) is 9.83. The maximum absolute atomic E-state index is 13.0. The first-order valence-corrected chi connectivity index (χ1v) is 11.6. The third-order valence-electron chi connectivity index (χ3n) is 5.76. The number of carbonyl (C=O) groups excluding carboxylic acids is 2. The van der Waals surface area contributed by atoms with Crippen molar-refractivity contribution in [2.75, 3.05) is 11.9 Å². The molecule has 0 radical (unpaired) electrons. The maximum Gasteiger partial charge on any atom is 0.274 e. The highest BCUT2D eigenvalue weighted by molar-refractivity contribution is 7.89. The molecule has 0 bridgehead atoms. The number of carbonyl (C=O) groups is 2. The first-order valence-electron chi connectivity index (χ1n) is 10.0. The van der Waals surface area contributed by atoms with Crippen LogP contribution in [0.4, 0.5) is 5.69 Å². The molecule has 1 saturated carbocycles. The van der Waals surface area contributed by atoms with Gasteiger partial charge in [-0.15, -0.1) is 0 Å². The van der Waals surface area contributed by atoms with Gasteiger partial charge in [-0.25, -0.2) is 18.5 Å². The van der Waals surface area contributed by atoms with Gasteiger partial charge in [0, 0.05) is 11.9 Å². The zero-order chi connectivity index (χ0) is 21.9. The monoisotopic (exact) mass is 439 g/mol. The first-order chi connectivity index (χ1) is 14.7. The van der Waals surface area contributed by atoms with Crippen molar-refractivity contribution in [1.82, 2.24) is 14.9 Å². The average Bonchev–Trinajstić information content (AvgIpc) is 3.49. The first kappa shape index (κ1) is 19.7. The predicted octanol–water partition coefficient (Wildman–Crippen LogP) is 2.12. The number of hydrogen-bond donors (Lipinski definition) is 3. The van der Waals surface area contributed by atoms with E-state index in [1.165, 1.54) is 6.07 Å². The molecular weight excluding hydrogens is 418 g/mol. The van der Waals surface area contributed by atoms with E-state index in [-0.39, 0.29) is 28.2 Å². The Hall–Kier alpha value is -3.24. The molecule has 3 heterocycles. The Morgan fingerprint density at radius 2 is 2.00 bits per heavy atom. The van der Waals surface area contributed by atoms with Crippen LogP contribution < -0.4 is 15.8 Å². The van der Waals surface area contributed by atoms with Crippen LogP contribution in [0.15, 0.2) is 41.3 Å². The van der Waals surface area contributed by atoms with E-state index in [9.17, 15) is 18.0 Å². The molecule has 0 saturated heterocycles. The zero-order valence-corrected chi connectivity index (χ0v) is 17.6.